The quantitative estimate of drug-likeness (QED) is 0.912. The molecule has 3 rings (SSSR count). The zero-order valence-corrected chi connectivity index (χ0v) is 13.3. The molecule has 1 N–H and O–H groups in total. The topological polar surface area (TPSA) is 56.1 Å². The second kappa shape index (κ2) is 7.09. The number of hydrogen-bond donors (Lipinski definition) is 1. The second-order valence-electron chi connectivity index (χ2n) is 5.85. The third kappa shape index (κ3) is 3.46. The molecule has 0 radical (unpaired) electrons. The Hall–Kier alpha value is -2.28. The maximum Gasteiger partial charge on any atom is 0.220 e. The first-order valence-corrected chi connectivity index (χ1v) is 7.88. The lowest BCUT2D eigenvalue weighted by Gasteiger charge is -2.20. The van der Waals surface area contributed by atoms with E-state index in [-0.39, 0.29) is 36.5 Å². The Balaban J connectivity index is 1.58. The Morgan fingerprint density at radius 3 is 3.00 bits per heavy atom. The number of carbonyl (C=O) groups excluding carboxylic acids is 1. The van der Waals surface area contributed by atoms with Crippen molar-refractivity contribution in [2.24, 2.45) is 7.05 Å². The Morgan fingerprint density at radius 2 is 2.25 bits per heavy atom. The fraction of sp³-hybridized carbons (Fsp3) is 0.412. The predicted octanol–water partition coefficient (Wildman–Crippen LogP) is 2.28. The summed E-state index contributed by atoms with van der Waals surface area (Å²) in [4.78, 5) is 12.2. The van der Waals surface area contributed by atoms with Crippen LogP contribution in [0.2, 0.25) is 0 Å². The van der Waals surface area contributed by atoms with E-state index in [4.69, 9.17) is 4.74 Å². The molecule has 1 aromatic heterocycles. The minimum Gasteiger partial charge on any atom is -0.370 e. The first-order valence-electron chi connectivity index (χ1n) is 7.88. The van der Waals surface area contributed by atoms with Crippen molar-refractivity contribution in [2.75, 3.05) is 6.61 Å². The van der Waals surface area contributed by atoms with E-state index in [0.29, 0.717) is 13.0 Å². The molecule has 2 atom stereocenters. The first kappa shape index (κ1) is 16.6. The molecule has 1 amide bonds. The lowest BCUT2D eigenvalue weighted by molar-refractivity contribution is -0.122. The number of ether oxygens (including phenoxy) is 1. The van der Waals surface area contributed by atoms with Crippen LogP contribution in [0.15, 0.2) is 30.5 Å². The molecule has 1 fully saturated rings. The molecule has 1 aliphatic heterocycles. The van der Waals surface area contributed by atoms with Crippen LogP contribution < -0.4 is 5.32 Å². The van der Waals surface area contributed by atoms with Crippen LogP contribution in [0.4, 0.5) is 8.78 Å². The fourth-order valence-corrected chi connectivity index (χ4v) is 2.96. The number of hydrogen-bond acceptors (Lipinski definition) is 3. The van der Waals surface area contributed by atoms with E-state index < -0.39 is 11.6 Å². The molecule has 0 unspecified atom stereocenters. The largest absolute Gasteiger partial charge is 0.370 e. The van der Waals surface area contributed by atoms with Gasteiger partial charge in [-0.25, -0.2) is 8.78 Å². The molecule has 2 aromatic rings. The number of carbonyl (C=O) groups is 1. The van der Waals surface area contributed by atoms with Gasteiger partial charge in [-0.15, -0.1) is 0 Å². The van der Waals surface area contributed by atoms with Gasteiger partial charge < -0.3 is 10.1 Å². The van der Waals surface area contributed by atoms with Crippen molar-refractivity contribution in [3.8, 4) is 0 Å². The van der Waals surface area contributed by atoms with Gasteiger partial charge in [0.2, 0.25) is 5.91 Å². The van der Waals surface area contributed by atoms with Crippen molar-refractivity contribution < 1.29 is 18.3 Å². The van der Waals surface area contributed by atoms with E-state index in [2.05, 4.69) is 10.4 Å². The van der Waals surface area contributed by atoms with E-state index in [1.54, 1.807) is 10.9 Å². The van der Waals surface area contributed by atoms with E-state index in [1.165, 1.54) is 12.1 Å². The number of amides is 1. The highest BCUT2D eigenvalue weighted by atomic mass is 19.2. The summed E-state index contributed by atoms with van der Waals surface area (Å²) in [6.45, 7) is 0.555. The molecule has 1 saturated heterocycles. The van der Waals surface area contributed by atoms with Gasteiger partial charge in [0.25, 0.3) is 0 Å². The number of halogens is 2. The molecule has 24 heavy (non-hydrogen) atoms. The molecule has 128 valence electrons. The Morgan fingerprint density at radius 1 is 1.42 bits per heavy atom. The number of rotatable bonds is 5. The highest BCUT2D eigenvalue weighted by Gasteiger charge is 2.32. The van der Waals surface area contributed by atoms with Gasteiger partial charge in [-0.2, -0.15) is 5.10 Å². The number of benzene rings is 1. The fourth-order valence-electron chi connectivity index (χ4n) is 2.96. The summed E-state index contributed by atoms with van der Waals surface area (Å²) < 4.78 is 34.2. The average molecular weight is 335 g/mol. The average Bonchev–Trinajstić information content (AvgIpc) is 3.17. The molecule has 1 aliphatic rings. The molecule has 5 nitrogen and oxygen atoms in total. The number of nitrogens with one attached hydrogen (secondary N) is 1. The van der Waals surface area contributed by atoms with Gasteiger partial charge in [-0.3, -0.25) is 9.48 Å². The van der Waals surface area contributed by atoms with Crippen LogP contribution in [0.5, 0.6) is 0 Å². The minimum absolute atomic E-state index is 0.0922. The maximum atomic E-state index is 13.6. The third-order valence-electron chi connectivity index (χ3n) is 4.24. The number of aromatic nitrogens is 2. The first-order chi connectivity index (χ1) is 11.6. The summed E-state index contributed by atoms with van der Waals surface area (Å²) in [5.74, 6) is -1.99. The van der Waals surface area contributed by atoms with Gasteiger partial charge in [0.1, 0.15) is 6.10 Å². The molecular weight excluding hydrogens is 316 g/mol. The van der Waals surface area contributed by atoms with Crippen LogP contribution >= 0.6 is 0 Å². The maximum absolute atomic E-state index is 13.6. The lowest BCUT2D eigenvalue weighted by Crippen LogP contribution is -2.37. The van der Waals surface area contributed by atoms with Crippen molar-refractivity contribution >= 4 is 5.91 Å². The van der Waals surface area contributed by atoms with Gasteiger partial charge in [0.15, 0.2) is 11.6 Å². The Bertz CT molecular complexity index is 732. The van der Waals surface area contributed by atoms with Gasteiger partial charge in [-0.1, -0.05) is 12.1 Å². The van der Waals surface area contributed by atoms with Crippen molar-refractivity contribution in [2.45, 2.75) is 31.4 Å². The van der Waals surface area contributed by atoms with Crippen molar-refractivity contribution in [1.29, 1.82) is 0 Å². The normalized spacial score (nSPS) is 20.3. The molecule has 7 heteroatoms. The zero-order chi connectivity index (χ0) is 17.1. The molecule has 0 bridgehead atoms. The number of aryl methyl sites for hydroxylation is 2. The summed E-state index contributed by atoms with van der Waals surface area (Å²) in [7, 11) is 1.82. The molecule has 0 aliphatic carbocycles. The lowest BCUT2D eigenvalue weighted by atomic mass is 10.1. The third-order valence-corrected chi connectivity index (χ3v) is 4.24. The summed E-state index contributed by atoms with van der Waals surface area (Å²) in [6.07, 6.45) is 2.39. The van der Waals surface area contributed by atoms with E-state index in [0.717, 1.165) is 11.8 Å². The summed E-state index contributed by atoms with van der Waals surface area (Å²) >= 11 is 0. The summed E-state index contributed by atoms with van der Waals surface area (Å²) in [5, 5.41) is 7.04. The van der Waals surface area contributed by atoms with Crippen LogP contribution in [-0.2, 0) is 23.0 Å². The van der Waals surface area contributed by atoms with Crippen LogP contribution in [0.1, 0.15) is 30.2 Å². The predicted molar refractivity (Wildman–Crippen MR) is 83.1 cm³/mol. The standard InChI is InChI=1S/C17H19F2N3O2/c1-22-14(7-9-20-22)17-13(8-10-24-17)21-15(23)6-5-11-3-2-4-12(18)16(11)19/h2-4,7,9,13,17H,5-6,8,10H2,1H3,(H,21,23)/t13-,17-/m0/s1. The summed E-state index contributed by atoms with van der Waals surface area (Å²) in [5.41, 5.74) is 1.10. The Labute approximate surface area is 138 Å². The molecule has 0 spiro atoms. The van der Waals surface area contributed by atoms with Crippen LogP contribution in [0, 0.1) is 11.6 Å². The molecule has 0 saturated carbocycles. The highest BCUT2D eigenvalue weighted by Crippen LogP contribution is 2.28. The van der Waals surface area contributed by atoms with E-state index in [1.807, 2.05) is 13.1 Å². The van der Waals surface area contributed by atoms with Gasteiger partial charge >= 0.3 is 0 Å². The Kier molecular flexibility index (Phi) is 4.89. The zero-order valence-electron chi connectivity index (χ0n) is 13.3. The van der Waals surface area contributed by atoms with Gasteiger partial charge in [0.05, 0.1) is 11.7 Å². The molecule has 1 aromatic carbocycles. The van der Waals surface area contributed by atoms with Crippen LogP contribution in [0.25, 0.3) is 0 Å². The SMILES string of the molecule is Cn1nccc1[C@H]1OCC[C@@H]1NC(=O)CCc1cccc(F)c1F. The van der Waals surface area contributed by atoms with Crippen LogP contribution in [-0.4, -0.2) is 28.3 Å². The van der Waals surface area contributed by atoms with E-state index in [9.17, 15) is 13.6 Å². The van der Waals surface area contributed by atoms with E-state index >= 15 is 0 Å². The van der Waals surface area contributed by atoms with Gasteiger partial charge in [-0.05, 0) is 30.5 Å². The monoisotopic (exact) mass is 335 g/mol. The number of nitrogens with zero attached hydrogens (tertiary/aromatic N) is 2. The molecular formula is C17H19F2N3O2. The van der Waals surface area contributed by atoms with Crippen molar-refractivity contribution in [1.82, 2.24) is 15.1 Å². The smallest absolute Gasteiger partial charge is 0.220 e. The minimum atomic E-state index is -0.895. The van der Waals surface area contributed by atoms with Crippen molar-refractivity contribution in [3.05, 3.63) is 53.4 Å². The molecule has 2 heterocycles. The van der Waals surface area contributed by atoms with Gasteiger partial charge in [0, 0.05) is 26.3 Å². The summed E-state index contributed by atoms with van der Waals surface area (Å²) in [6, 6.07) is 5.70. The second-order valence-corrected chi connectivity index (χ2v) is 5.85. The van der Waals surface area contributed by atoms with Crippen molar-refractivity contribution in [3.63, 3.8) is 0 Å². The van der Waals surface area contributed by atoms with Crippen LogP contribution in [0.3, 0.4) is 0 Å². The highest BCUT2D eigenvalue weighted by molar-refractivity contribution is 5.76.